The summed E-state index contributed by atoms with van der Waals surface area (Å²) in [6.45, 7) is 1.90. The number of alkyl halides is 3. The Kier molecular flexibility index (Phi) is 4.93. The first kappa shape index (κ1) is 17.4. The summed E-state index contributed by atoms with van der Waals surface area (Å²) in [5.74, 6) is -0.977. The molecule has 0 bridgehead atoms. The zero-order valence-corrected chi connectivity index (χ0v) is 14.2. The molecule has 1 N–H and O–H groups in total. The lowest BCUT2D eigenvalue weighted by molar-refractivity contribution is -0.140. The van der Waals surface area contributed by atoms with Crippen molar-refractivity contribution in [1.29, 1.82) is 0 Å². The van der Waals surface area contributed by atoms with Crippen molar-refractivity contribution in [3.63, 3.8) is 0 Å². The number of carboxylic acids is 1. The number of carboxylic acid groups (broad SMARTS) is 1. The van der Waals surface area contributed by atoms with Crippen LogP contribution in [0.1, 0.15) is 44.7 Å². The van der Waals surface area contributed by atoms with E-state index in [4.69, 9.17) is 0 Å². The van der Waals surface area contributed by atoms with Gasteiger partial charge in [-0.1, -0.05) is 0 Å². The number of carbonyl (C=O) groups is 1. The van der Waals surface area contributed by atoms with Crippen molar-refractivity contribution >= 4 is 28.6 Å². The van der Waals surface area contributed by atoms with E-state index in [1.807, 2.05) is 0 Å². The maximum absolute atomic E-state index is 12.7. The molecule has 1 aliphatic heterocycles. The van der Waals surface area contributed by atoms with Crippen molar-refractivity contribution in [3.05, 3.63) is 38.0 Å². The van der Waals surface area contributed by atoms with Gasteiger partial charge in [-0.05, 0) is 36.4 Å². The lowest BCUT2D eigenvalue weighted by Crippen LogP contribution is -2.34. The summed E-state index contributed by atoms with van der Waals surface area (Å²) in [5.41, 5.74) is -0.0751. The fourth-order valence-electron chi connectivity index (χ4n) is 2.89. The molecule has 0 aliphatic carbocycles. The van der Waals surface area contributed by atoms with Crippen LogP contribution in [0, 0.1) is 0 Å². The zero-order chi connectivity index (χ0) is 17.3. The number of hydrogen-bond donors (Lipinski definition) is 1. The van der Waals surface area contributed by atoms with Gasteiger partial charge in [0.15, 0.2) is 5.69 Å². The number of hydrogen-bond acceptors (Lipinski definition) is 5. The molecule has 1 atom stereocenters. The van der Waals surface area contributed by atoms with Crippen LogP contribution in [0.15, 0.2) is 16.8 Å². The normalized spacial score (nSPS) is 19.5. The second-order valence-electron chi connectivity index (χ2n) is 5.72. The predicted octanol–water partition coefficient (Wildman–Crippen LogP) is 4.30. The van der Waals surface area contributed by atoms with Gasteiger partial charge in [-0.2, -0.15) is 13.2 Å². The van der Waals surface area contributed by atoms with Crippen molar-refractivity contribution in [2.75, 3.05) is 13.1 Å². The van der Waals surface area contributed by atoms with Gasteiger partial charge >= 0.3 is 12.1 Å². The summed E-state index contributed by atoms with van der Waals surface area (Å²) in [7, 11) is 0. The first-order chi connectivity index (χ1) is 11.3. The Morgan fingerprint density at radius 1 is 1.42 bits per heavy atom. The summed E-state index contributed by atoms with van der Waals surface area (Å²) in [5, 5.41) is 12.5. The number of aromatic carboxylic acids is 1. The smallest absolute Gasteiger partial charge is 0.434 e. The van der Waals surface area contributed by atoms with Gasteiger partial charge in [0.05, 0.1) is 5.01 Å². The van der Waals surface area contributed by atoms with Crippen molar-refractivity contribution in [2.24, 2.45) is 0 Å². The maximum atomic E-state index is 12.7. The van der Waals surface area contributed by atoms with E-state index in [1.165, 1.54) is 11.3 Å². The summed E-state index contributed by atoms with van der Waals surface area (Å²) >= 11 is 2.24. The van der Waals surface area contributed by atoms with E-state index in [0.29, 0.717) is 23.0 Å². The van der Waals surface area contributed by atoms with Crippen LogP contribution < -0.4 is 0 Å². The molecular weight excluding hydrogens is 361 g/mol. The van der Waals surface area contributed by atoms with E-state index in [9.17, 15) is 23.1 Å². The minimum absolute atomic E-state index is 0.0354. The van der Waals surface area contributed by atoms with Gasteiger partial charge in [-0.3, -0.25) is 4.90 Å². The van der Waals surface area contributed by atoms with Crippen LogP contribution >= 0.6 is 22.7 Å². The van der Waals surface area contributed by atoms with Gasteiger partial charge < -0.3 is 5.11 Å². The lowest BCUT2D eigenvalue weighted by Gasteiger charge is -2.31. The largest absolute Gasteiger partial charge is 0.477 e. The van der Waals surface area contributed by atoms with Crippen LogP contribution in [-0.4, -0.2) is 34.0 Å². The summed E-state index contributed by atoms with van der Waals surface area (Å²) in [6, 6.07) is 1.79. The van der Waals surface area contributed by atoms with E-state index < -0.39 is 17.8 Å². The Hall–Kier alpha value is -1.45. The Bertz CT molecular complexity index is 726. The third-order valence-corrected chi connectivity index (χ3v) is 5.95. The van der Waals surface area contributed by atoms with Crippen LogP contribution in [0.2, 0.25) is 0 Å². The van der Waals surface area contributed by atoms with Crippen LogP contribution in [0.5, 0.6) is 0 Å². The molecule has 1 fully saturated rings. The highest BCUT2D eigenvalue weighted by Crippen LogP contribution is 2.35. The molecule has 3 heterocycles. The number of piperidine rings is 1. The van der Waals surface area contributed by atoms with Crippen molar-refractivity contribution in [1.82, 2.24) is 9.88 Å². The molecule has 3 rings (SSSR count). The van der Waals surface area contributed by atoms with Crippen molar-refractivity contribution in [3.8, 4) is 0 Å². The second kappa shape index (κ2) is 6.81. The number of halogens is 3. The van der Waals surface area contributed by atoms with E-state index >= 15 is 0 Å². The quantitative estimate of drug-likeness (QED) is 0.864. The Morgan fingerprint density at radius 3 is 2.88 bits per heavy atom. The van der Waals surface area contributed by atoms with Gasteiger partial charge in [0, 0.05) is 24.4 Å². The molecule has 0 spiro atoms. The third kappa shape index (κ3) is 3.79. The zero-order valence-electron chi connectivity index (χ0n) is 12.5. The number of aromatic nitrogens is 1. The highest BCUT2D eigenvalue weighted by Gasteiger charge is 2.35. The standard InChI is InChI=1S/C15H15F3N2O2S2/c16-15(17,18)11-8-24-13(19-11)10-2-1-4-20(7-10)6-9-3-5-23-12(9)14(21)22/h3,5,8,10H,1-2,4,6-7H2,(H,21,22). The number of likely N-dealkylation sites (tertiary alicyclic amines) is 1. The molecule has 1 saturated heterocycles. The number of thiophene rings is 1. The molecule has 2 aromatic heterocycles. The molecule has 130 valence electrons. The molecule has 0 saturated carbocycles. The number of rotatable bonds is 4. The first-order valence-corrected chi connectivity index (χ1v) is 9.15. The lowest BCUT2D eigenvalue weighted by atomic mass is 9.98. The van der Waals surface area contributed by atoms with E-state index in [-0.39, 0.29) is 5.92 Å². The highest BCUT2D eigenvalue weighted by atomic mass is 32.1. The summed E-state index contributed by atoms with van der Waals surface area (Å²) < 4.78 is 38.1. The van der Waals surface area contributed by atoms with Crippen LogP contribution in [0.3, 0.4) is 0 Å². The topological polar surface area (TPSA) is 53.4 Å². The fraction of sp³-hybridized carbons (Fsp3) is 0.467. The predicted molar refractivity (Wildman–Crippen MR) is 85.6 cm³/mol. The SMILES string of the molecule is O=C(O)c1sccc1CN1CCCC(c2nc(C(F)(F)F)cs2)C1. The third-order valence-electron chi connectivity index (χ3n) is 4.00. The van der Waals surface area contributed by atoms with E-state index in [0.717, 1.165) is 41.7 Å². The monoisotopic (exact) mass is 376 g/mol. The molecule has 2 aromatic rings. The molecule has 0 radical (unpaired) electrons. The molecule has 0 aromatic carbocycles. The molecule has 1 unspecified atom stereocenters. The molecule has 24 heavy (non-hydrogen) atoms. The van der Waals surface area contributed by atoms with Gasteiger partial charge in [0.2, 0.25) is 0 Å². The van der Waals surface area contributed by atoms with E-state index in [2.05, 4.69) is 9.88 Å². The minimum Gasteiger partial charge on any atom is -0.477 e. The maximum Gasteiger partial charge on any atom is 0.434 e. The van der Waals surface area contributed by atoms with Gasteiger partial charge in [-0.15, -0.1) is 22.7 Å². The van der Waals surface area contributed by atoms with Gasteiger partial charge in [0.25, 0.3) is 0 Å². The Morgan fingerprint density at radius 2 is 2.21 bits per heavy atom. The van der Waals surface area contributed by atoms with Crippen molar-refractivity contribution in [2.45, 2.75) is 31.5 Å². The van der Waals surface area contributed by atoms with E-state index in [1.54, 1.807) is 11.4 Å². The van der Waals surface area contributed by atoms with Crippen molar-refractivity contribution < 1.29 is 23.1 Å². The van der Waals surface area contributed by atoms with Crippen LogP contribution in [0.25, 0.3) is 0 Å². The average molecular weight is 376 g/mol. The van der Waals surface area contributed by atoms with Crippen LogP contribution in [0.4, 0.5) is 13.2 Å². The molecular formula is C15H15F3N2O2S2. The minimum atomic E-state index is -4.41. The summed E-state index contributed by atoms with van der Waals surface area (Å²) in [6.07, 6.45) is -2.74. The molecule has 9 heteroatoms. The number of thiazole rings is 1. The molecule has 4 nitrogen and oxygen atoms in total. The highest BCUT2D eigenvalue weighted by molar-refractivity contribution is 7.12. The number of nitrogens with zero attached hydrogens (tertiary/aromatic N) is 2. The van der Waals surface area contributed by atoms with Gasteiger partial charge in [-0.25, -0.2) is 9.78 Å². The van der Waals surface area contributed by atoms with Gasteiger partial charge in [0.1, 0.15) is 4.88 Å². The first-order valence-electron chi connectivity index (χ1n) is 7.39. The Labute approximate surface area is 144 Å². The molecule has 0 amide bonds. The van der Waals surface area contributed by atoms with Crippen LogP contribution in [-0.2, 0) is 12.7 Å². The average Bonchev–Trinajstić information content (AvgIpc) is 3.16. The second-order valence-corrected chi connectivity index (χ2v) is 7.53. The Balaban J connectivity index is 1.69. The molecule has 1 aliphatic rings. The fourth-order valence-corrected chi connectivity index (χ4v) is 4.60. The summed E-state index contributed by atoms with van der Waals surface area (Å²) in [4.78, 5) is 17.4.